The Morgan fingerprint density at radius 2 is 1.97 bits per heavy atom. The van der Waals surface area contributed by atoms with E-state index in [0.29, 0.717) is 35.4 Å². The summed E-state index contributed by atoms with van der Waals surface area (Å²) in [5, 5.41) is 17.0. The number of carbonyl (C=O) groups excluding carboxylic acids is 1. The van der Waals surface area contributed by atoms with Crippen LogP contribution < -0.4 is 20.1 Å². The van der Waals surface area contributed by atoms with Crippen molar-refractivity contribution in [3.63, 3.8) is 0 Å². The molecular weight excluding hydrogens is 576 g/mol. The van der Waals surface area contributed by atoms with Gasteiger partial charge in [0.05, 0.1) is 36.7 Å². The highest BCUT2D eigenvalue weighted by atomic mass is 79.9. The highest BCUT2D eigenvalue weighted by Crippen LogP contribution is 2.29. The number of anilines is 2. The van der Waals surface area contributed by atoms with Gasteiger partial charge in [-0.1, -0.05) is 18.2 Å². The Bertz CT molecular complexity index is 1340. The molecule has 1 atom stereocenters. The van der Waals surface area contributed by atoms with Gasteiger partial charge < -0.3 is 15.4 Å². The normalized spacial score (nSPS) is 12.3. The molecule has 1 unspecified atom stereocenters. The van der Waals surface area contributed by atoms with Crippen LogP contribution in [0.2, 0.25) is 5.28 Å². The number of para-hydroxylation sites is 1. The third kappa shape index (κ3) is 7.80. The van der Waals surface area contributed by atoms with Crippen LogP contribution in [0.15, 0.2) is 64.1 Å². The number of nitrogens with zero attached hydrogens (tertiary/aromatic N) is 3. The fourth-order valence-corrected chi connectivity index (χ4v) is 4.62. The fraction of sp³-hybridized carbons (Fsp3) is 0.182. The quantitative estimate of drug-likeness (QED) is 0.0931. The van der Waals surface area contributed by atoms with Crippen LogP contribution in [0.1, 0.15) is 12.8 Å². The van der Waals surface area contributed by atoms with Crippen molar-refractivity contribution in [2.24, 2.45) is 0 Å². The Hall–Kier alpha value is -3.42. The molecule has 0 spiro atoms. The van der Waals surface area contributed by atoms with Crippen LogP contribution in [0, 0.1) is 10.1 Å². The van der Waals surface area contributed by atoms with Crippen LogP contribution in [0.3, 0.4) is 0 Å². The van der Waals surface area contributed by atoms with Gasteiger partial charge in [0, 0.05) is 24.5 Å². The molecule has 1 heterocycles. The lowest BCUT2D eigenvalue weighted by Crippen LogP contribution is -2.34. The second-order valence-corrected chi connectivity index (χ2v) is 10.5. The third-order valence-corrected chi connectivity index (χ3v) is 6.94. The van der Waals surface area contributed by atoms with E-state index >= 15 is 0 Å². The number of halogens is 2. The number of amides is 2. The summed E-state index contributed by atoms with van der Waals surface area (Å²) in [6.07, 6.45) is 2.76. The lowest BCUT2D eigenvalue weighted by atomic mass is 10.3. The highest BCUT2D eigenvalue weighted by Gasteiger charge is 2.20. The zero-order chi connectivity index (χ0) is 26.1. The Balaban J connectivity index is 1.62. The van der Waals surface area contributed by atoms with Gasteiger partial charge in [-0.05, 0) is 64.4 Å². The number of nitrogens with one attached hydrogen (secondary N) is 3. The lowest BCUT2D eigenvalue weighted by Gasteiger charge is -2.16. The van der Waals surface area contributed by atoms with Gasteiger partial charge in [-0.15, -0.1) is 0 Å². The van der Waals surface area contributed by atoms with Crippen molar-refractivity contribution in [1.82, 2.24) is 14.7 Å². The summed E-state index contributed by atoms with van der Waals surface area (Å²) in [5.74, 6) is 4.18. The average molecular weight is 598 g/mol. The molecule has 0 aliphatic rings. The second-order valence-electron chi connectivity index (χ2n) is 7.30. The molecule has 0 aliphatic heterocycles. The Morgan fingerprint density at radius 1 is 1.22 bits per heavy atom. The fourth-order valence-electron chi connectivity index (χ4n) is 2.96. The standard InChI is InChI=1S/C22H22BrClN6O5S/c1-36(34,29-22(31)27-15-7-3-2-4-8-15)19-10-9-16(30(32)33)13-18(19)35-12-6-5-11-25-20-17(23)14-26-21(24)28-20/h2-4,7-10,13-14H,1,5-6,11-12H2,(H,25,26,28)(H2,27,29,31,34). The summed E-state index contributed by atoms with van der Waals surface area (Å²) in [6.45, 7) is 0.720. The van der Waals surface area contributed by atoms with Crippen LogP contribution in [0.4, 0.5) is 22.0 Å². The summed E-state index contributed by atoms with van der Waals surface area (Å²) in [4.78, 5) is 31.0. The number of nitro groups is 1. The van der Waals surface area contributed by atoms with Gasteiger partial charge in [-0.3, -0.25) is 14.8 Å². The van der Waals surface area contributed by atoms with Crippen molar-refractivity contribution in [2.75, 3.05) is 23.8 Å². The van der Waals surface area contributed by atoms with Crippen molar-refractivity contribution in [1.29, 1.82) is 0 Å². The first-order valence-electron chi connectivity index (χ1n) is 10.5. The van der Waals surface area contributed by atoms with Crippen LogP contribution in [0.25, 0.3) is 0 Å². The Kier molecular flexibility index (Phi) is 9.44. The first-order chi connectivity index (χ1) is 17.2. The smallest absolute Gasteiger partial charge is 0.330 e. The van der Waals surface area contributed by atoms with Gasteiger partial charge >= 0.3 is 6.03 Å². The monoisotopic (exact) mass is 596 g/mol. The molecule has 14 heteroatoms. The maximum atomic E-state index is 13.3. The molecule has 0 saturated carbocycles. The van der Waals surface area contributed by atoms with Crippen LogP contribution in [0.5, 0.6) is 5.75 Å². The molecule has 36 heavy (non-hydrogen) atoms. The third-order valence-electron chi connectivity index (χ3n) is 4.62. The zero-order valence-corrected chi connectivity index (χ0v) is 21.9. The molecule has 0 fully saturated rings. The SMILES string of the molecule is C=S(=O)(NC(=O)Nc1ccccc1)c1ccc([N+](=O)[O-])cc1OCCCCNc1nc(Cl)ncc1Br. The molecule has 0 aliphatic carbocycles. The predicted molar refractivity (Wildman–Crippen MR) is 143 cm³/mol. The summed E-state index contributed by atoms with van der Waals surface area (Å²) >= 11 is 9.13. The molecule has 0 radical (unpaired) electrons. The largest absolute Gasteiger partial charge is 0.492 e. The molecule has 190 valence electrons. The van der Waals surface area contributed by atoms with Gasteiger partial charge in [0.2, 0.25) is 5.28 Å². The number of non-ortho nitro benzene ring substituents is 1. The van der Waals surface area contributed by atoms with E-state index in [9.17, 15) is 19.1 Å². The highest BCUT2D eigenvalue weighted by molar-refractivity contribution is 9.10. The van der Waals surface area contributed by atoms with Gasteiger partial charge in [0.15, 0.2) is 0 Å². The molecule has 0 saturated heterocycles. The maximum absolute atomic E-state index is 13.3. The van der Waals surface area contributed by atoms with Crippen LogP contribution in [-0.4, -0.2) is 44.2 Å². The first-order valence-corrected chi connectivity index (χ1v) is 13.4. The number of nitro benzene ring substituents is 1. The topological polar surface area (TPSA) is 148 Å². The maximum Gasteiger partial charge on any atom is 0.330 e. The number of hydrogen-bond acceptors (Lipinski definition) is 8. The van der Waals surface area contributed by atoms with E-state index in [1.54, 1.807) is 30.3 Å². The first kappa shape index (κ1) is 27.2. The average Bonchev–Trinajstić information content (AvgIpc) is 2.83. The van der Waals surface area contributed by atoms with E-state index in [1.165, 1.54) is 18.3 Å². The predicted octanol–water partition coefficient (Wildman–Crippen LogP) is 4.88. The van der Waals surface area contributed by atoms with Crippen molar-refractivity contribution < 1.29 is 18.7 Å². The lowest BCUT2D eigenvalue weighted by molar-refractivity contribution is -0.385. The number of urea groups is 1. The number of ether oxygens (including phenoxy) is 1. The van der Waals surface area contributed by atoms with E-state index < -0.39 is 20.7 Å². The Morgan fingerprint density at radius 3 is 2.69 bits per heavy atom. The minimum atomic E-state index is -3.40. The van der Waals surface area contributed by atoms with E-state index in [2.05, 4.69) is 47.1 Å². The molecule has 0 bridgehead atoms. The zero-order valence-electron chi connectivity index (χ0n) is 18.8. The van der Waals surface area contributed by atoms with Crippen LogP contribution >= 0.6 is 27.5 Å². The molecular formula is C22H22BrClN6O5S. The van der Waals surface area contributed by atoms with E-state index in [4.69, 9.17) is 16.3 Å². The van der Waals surface area contributed by atoms with Crippen LogP contribution in [-0.2, 0) is 9.71 Å². The number of unbranched alkanes of at least 4 members (excludes halogenated alkanes) is 1. The molecule has 2 amide bonds. The van der Waals surface area contributed by atoms with Crippen molar-refractivity contribution >= 4 is 66.3 Å². The molecule has 11 nitrogen and oxygen atoms in total. The second kappa shape index (κ2) is 12.5. The summed E-state index contributed by atoms with van der Waals surface area (Å²) in [6, 6.07) is 11.4. The van der Waals surface area contributed by atoms with Gasteiger partial charge in [0.1, 0.15) is 11.6 Å². The van der Waals surface area contributed by atoms with Crippen molar-refractivity contribution in [2.45, 2.75) is 17.7 Å². The summed E-state index contributed by atoms with van der Waals surface area (Å²) in [7, 11) is -3.40. The minimum Gasteiger partial charge on any atom is -0.492 e. The summed E-state index contributed by atoms with van der Waals surface area (Å²) < 4.78 is 22.0. The van der Waals surface area contributed by atoms with E-state index in [-0.39, 0.29) is 28.2 Å². The number of hydrogen-bond donors (Lipinski definition) is 3. The van der Waals surface area contributed by atoms with Gasteiger partial charge in [-0.2, -0.15) is 4.98 Å². The van der Waals surface area contributed by atoms with Crippen molar-refractivity contribution in [3.05, 3.63) is 74.6 Å². The molecule has 3 N–H and O–H groups in total. The molecule has 1 aromatic heterocycles. The molecule has 3 rings (SSSR count). The number of aromatic nitrogens is 2. The van der Waals surface area contributed by atoms with E-state index in [1.807, 2.05) is 0 Å². The Labute approximate surface area is 221 Å². The number of benzene rings is 2. The number of carbonyl (C=O) groups is 1. The number of rotatable bonds is 11. The van der Waals surface area contributed by atoms with Gasteiger partial charge in [0.25, 0.3) is 5.69 Å². The minimum absolute atomic E-state index is 0.00231. The van der Waals surface area contributed by atoms with Crippen molar-refractivity contribution in [3.8, 4) is 5.75 Å². The molecule has 2 aromatic carbocycles. The molecule has 3 aromatic rings. The van der Waals surface area contributed by atoms with Gasteiger partial charge in [-0.25, -0.2) is 14.0 Å². The summed E-state index contributed by atoms with van der Waals surface area (Å²) in [5.41, 5.74) is 0.250. The van der Waals surface area contributed by atoms with E-state index in [0.717, 1.165) is 6.07 Å².